The highest BCUT2D eigenvalue weighted by Gasteiger charge is 2.17. The molecule has 0 radical (unpaired) electrons. The molecule has 2 aromatic heterocycles. The van der Waals surface area contributed by atoms with Gasteiger partial charge >= 0.3 is 0 Å². The average molecular weight is 480 g/mol. The van der Waals surface area contributed by atoms with Crippen LogP contribution >= 0.6 is 39.1 Å². The Labute approximate surface area is 179 Å². The molecule has 0 aliphatic rings. The second-order valence-corrected chi connectivity index (χ2v) is 7.50. The standard InChI is InChI=1S/C18H13BrCl2N6O/c1-28-15-4-2-11(3-5-15)10-26-24-18(23-25-26)16-9-22-27(17(16)19)14-7-12(20)6-13(21)8-14/h2-9H,10H2,1H3. The molecule has 28 heavy (non-hydrogen) atoms. The van der Waals surface area contributed by atoms with Crippen LogP contribution in [0.4, 0.5) is 0 Å². The Bertz CT molecular complexity index is 1110. The summed E-state index contributed by atoms with van der Waals surface area (Å²) in [5, 5.41) is 18.1. The van der Waals surface area contributed by atoms with Gasteiger partial charge in [0.15, 0.2) is 0 Å². The van der Waals surface area contributed by atoms with Gasteiger partial charge in [-0.2, -0.15) is 9.90 Å². The van der Waals surface area contributed by atoms with Crippen molar-refractivity contribution in [2.24, 2.45) is 0 Å². The second kappa shape index (κ2) is 7.90. The molecular weight excluding hydrogens is 467 g/mol. The molecule has 0 aliphatic heterocycles. The summed E-state index contributed by atoms with van der Waals surface area (Å²) in [5.41, 5.74) is 2.46. The zero-order valence-corrected chi connectivity index (χ0v) is 17.6. The quantitative estimate of drug-likeness (QED) is 0.416. The van der Waals surface area contributed by atoms with Crippen molar-refractivity contribution in [3.05, 3.63) is 68.9 Å². The number of benzene rings is 2. The number of ether oxygens (including phenoxy) is 1. The topological polar surface area (TPSA) is 70.7 Å². The van der Waals surface area contributed by atoms with Gasteiger partial charge in [-0.1, -0.05) is 35.3 Å². The van der Waals surface area contributed by atoms with Crippen molar-refractivity contribution < 1.29 is 4.74 Å². The minimum Gasteiger partial charge on any atom is -0.497 e. The predicted molar refractivity (Wildman–Crippen MR) is 110 cm³/mol. The van der Waals surface area contributed by atoms with E-state index >= 15 is 0 Å². The Balaban J connectivity index is 1.59. The molecule has 142 valence electrons. The van der Waals surface area contributed by atoms with Crippen LogP contribution in [0.1, 0.15) is 5.56 Å². The molecule has 4 aromatic rings. The van der Waals surface area contributed by atoms with Gasteiger partial charge in [-0.25, -0.2) is 4.68 Å². The number of nitrogens with zero attached hydrogens (tertiary/aromatic N) is 6. The fourth-order valence-corrected chi connectivity index (χ4v) is 3.73. The van der Waals surface area contributed by atoms with Crippen LogP contribution in [-0.4, -0.2) is 37.1 Å². The lowest BCUT2D eigenvalue weighted by molar-refractivity contribution is 0.414. The normalized spacial score (nSPS) is 11.0. The lowest BCUT2D eigenvalue weighted by atomic mass is 10.2. The zero-order valence-electron chi connectivity index (χ0n) is 14.6. The van der Waals surface area contributed by atoms with Gasteiger partial charge in [0.05, 0.1) is 31.1 Å². The highest BCUT2D eigenvalue weighted by atomic mass is 79.9. The number of hydrogen-bond acceptors (Lipinski definition) is 5. The molecule has 7 nitrogen and oxygen atoms in total. The molecule has 0 amide bonds. The van der Waals surface area contributed by atoms with Gasteiger partial charge in [-0.05, 0) is 57.0 Å². The molecule has 2 heterocycles. The number of rotatable bonds is 5. The van der Waals surface area contributed by atoms with E-state index in [1.807, 2.05) is 24.3 Å². The first-order valence-electron chi connectivity index (χ1n) is 8.14. The van der Waals surface area contributed by atoms with Crippen molar-refractivity contribution >= 4 is 39.1 Å². The van der Waals surface area contributed by atoms with Gasteiger partial charge in [0, 0.05) is 10.0 Å². The molecule has 10 heteroatoms. The number of methoxy groups -OCH3 is 1. The van der Waals surface area contributed by atoms with E-state index in [-0.39, 0.29) is 0 Å². The Morgan fingerprint density at radius 3 is 2.46 bits per heavy atom. The third-order valence-electron chi connectivity index (χ3n) is 3.98. The second-order valence-electron chi connectivity index (χ2n) is 5.88. The summed E-state index contributed by atoms with van der Waals surface area (Å²) in [5.74, 6) is 1.26. The third-order valence-corrected chi connectivity index (χ3v) is 5.18. The van der Waals surface area contributed by atoms with E-state index in [0.29, 0.717) is 32.6 Å². The van der Waals surface area contributed by atoms with Crippen LogP contribution in [0.3, 0.4) is 0 Å². The molecule has 2 aromatic carbocycles. The Morgan fingerprint density at radius 1 is 1.07 bits per heavy atom. The van der Waals surface area contributed by atoms with E-state index in [0.717, 1.165) is 17.0 Å². The van der Waals surface area contributed by atoms with Crippen LogP contribution in [0.25, 0.3) is 17.1 Å². The maximum atomic E-state index is 6.09. The van der Waals surface area contributed by atoms with E-state index in [9.17, 15) is 0 Å². The SMILES string of the molecule is COc1ccc(Cn2nnc(-c3cnn(-c4cc(Cl)cc(Cl)c4)c3Br)n2)cc1. The van der Waals surface area contributed by atoms with E-state index in [4.69, 9.17) is 27.9 Å². The molecule has 0 spiro atoms. The number of aromatic nitrogens is 6. The van der Waals surface area contributed by atoms with Gasteiger partial charge in [-0.3, -0.25) is 0 Å². The first kappa shape index (κ1) is 18.9. The van der Waals surface area contributed by atoms with Crippen molar-refractivity contribution in [2.45, 2.75) is 6.54 Å². The number of tetrazole rings is 1. The minimum absolute atomic E-state index is 0.458. The maximum absolute atomic E-state index is 6.09. The van der Waals surface area contributed by atoms with Gasteiger partial charge in [0.25, 0.3) is 0 Å². The molecule has 0 saturated carbocycles. The number of hydrogen-bond donors (Lipinski definition) is 0. The van der Waals surface area contributed by atoms with Crippen LogP contribution in [0.15, 0.2) is 53.3 Å². The fraction of sp³-hybridized carbons (Fsp3) is 0.111. The fourth-order valence-electron chi connectivity index (χ4n) is 2.64. The van der Waals surface area contributed by atoms with Crippen molar-refractivity contribution in [2.75, 3.05) is 7.11 Å². The summed E-state index contributed by atoms with van der Waals surface area (Å²) in [7, 11) is 1.63. The molecule has 0 fully saturated rings. The first-order chi connectivity index (χ1) is 13.5. The largest absolute Gasteiger partial charge is 0.497 e. The van der Waals surface area contributed by atoms with E-state index in [2.05, 4.69) is 36.4 Å². The van der Waals surface area contributed by atoms with Crippen LogP contribution in [0, 0.1) is 0 Å². The van der Waals surface area contributed by atoms with Crippen LogP contribution in [0.5, 0.6) is 5.75 Å². The predicted octanol–water partition coefficient (Wildman–Crippen LogP) is 4.65. The summed E-state index contributed by atoms with van der Waals surface area (Å²) < 4.78 is 7.51. The van der Waals surface area contributed by atoms with Gasteiger partial charge in [-0.15, -0.1) is 10.2 Å². The highest BCUT2D eigenvalue weighted by molar-refractivity contribution is 9.10. The van der Waals surface area contributed by atoms with E-state index in [1.54, 1.807) is 36.2 Å². The summed E-state index contributed by atoms with van der Waals surface area (Å²) in [6.45, 7) is 0.493. The Kier molecular flexibility index (Phi) is 5.34. The van der Waals surface area contributed by atoms with Crippen LogP contribution in [-0.2, 0) is 6.54 Å². The Hall–Kier alpha value is -2.42. The van der Waals surface area contributed by atoms with Crippen molar-refractivity contribution in [1.29, 1.82) is 0 Å². The molecule has 4 rings (SSSR count). The molecular formula is C18H13BrCl2N6O. The minimum atomic E-state index is 0.458. The van der Waals surface area contributed by atoms with Crippen molar-refractivity contribution in [1.82, 2.24) is 30.0 Å². The van der Waals surface area contributed by atoms with Crippen LogP contribution < -0.4 is 4.74 Å². The molecule has 0 aliphatic carbocycles. The third kappa shape index (κ3) is 3.89. The molecule has 0 unspecified atom stereocenters. The molecule has 0 N–H and O–H groups in total. The molecule has 0 bridgehead atoms. The van der Waals surface area contributed by atoms with E-state index in [1.165, 1.54) is 4.80 Å². The van der Waals surface area contributed by atoms with E-state index < -0.39 is 0 Å². The summed E-state index contributed by atoms with van der Waals surface area (Å²) in [6.07, 6.45) is 1.66. The Morgan fingerprint density at radius 2 is 1.79 bits per heavy atom. The monoisotopic (exact) mass is 478 g/mol. The highest BCUT2D eigenvalue weighted by Crippen LogP contribution is 2.29. The molecule has 0 atom stereocenters. The average Bonchev–Trinajstić information content (AvgIpc) is 3.28. The van der Waals surface area contributed by atoms with Crippen LogP contribution in [0.2, 0.25) is 10.0 Å². The van der Waals surface area contributed by atoms with Gasteiger partial charge < -0.3 is 4.74 Å². The lowest BCUT2D eigenvalue weighted by Crippen LogP contribution is -2.04. The van der Waals surface area contributed by atoms with Crippen molar-refractivity contribution in [3.8, 4) is 22.8 Å². The summed E-state index contributed by atoms with van der Waals surface area (Å²) in [6, 6.07) is 12.9. The summed E-state index contributed by atoms with van der Waals surface area (Å²) >= 11 is 15.7. The number of halogens is 3. The van der Waals surface area contributed by atoms with Gasteiger partial charge in [0.1, 0.15) is 10.4 Å². The molecule has 0 saturated heterocycles. The van der Waals surface area contributed by atoms with Gasteiger partial charge in [0.2, 0.25) is 5.82 Å². The maximum Gasteiger partial charge on any atom is 0.209 e. The smallest absolute Gasteiger partial charge is 0.209 e. The van der Waals surface area contributed by atoms with Crippen molar-refractivity contribution in [3.63, 3.8) is 0 Å². The first-order valence-corrected chi connectivity index (χ1v) is 9.69. The lowest BCUT2D eigenvalue weighted by Gasteiger charge is -2.05. The zero-order chi connectivity index (χ0) is 19.7. The summed E-state index contributed by atoms with van der Waals surface area (Å²) in [4.78, 5) is 1.52.